The summed E-state index contributed by atoms with van der Waals surface area (Å²) in [5.74, 6) is 0.923. The second-order valence-corrected chi connectivity index (χ2v) is 7.44. The molecule has 0 atom stereocenters. The smallest absolute Gasteiger partial charge is 0.193 e. The highest BCUT2D eigenvalue weighted by Crippen LogP contribution is 2.22. The summed E-state index contributed by atoms with van der Waals surface area (Å²) in [6.45, 7) is 1.73. The molecule has 114 valence electrons. The Labute approximate surface area is 138 Å². The van der Waals surface area contributed by atoms with Gasteiger partial charge in [-0.2, -0.15) is 0 Å². The van der Waals surface area contributed by atoms with Crippen LogP contribution in [-0.2, 0) is 20.0 Å². The fourth-order valence-electron chi connectivity index (χ4n) is 2.15. The zero-order valence-electron chi connectivity index (χ0n) is 12.6. The number of nitrogens with one attached hydrogen (secondary N) is 1. The van der Waals surface area contributed by atoms with E-state index in [1.54, 1.807) is 11.3 Å². The Kier molecular flexibility index (Phi) is 5.87. The number of aliphatic imine (C=N–C) groups is 1. The van der Waals surface area contributed by atoms with Gasteiger partial charge in [0.05, 0.1) is 10.3 Å². The summed E-state index contributed by atoms with van der Waals surface area (Å²) in [6, 6.07) is 8.45. The van der Waals surface area contributed by atoms with Crippen LogP contribution in [0.2, 0.25) is 0 Å². The van der Waals surface area contributed by atoms with Gasteiger partial charge in [-0.1, -0.05) is 0 Å². The molecule has 6 heteroatoms. The number of nitrogens with zero attached hydrogens (tertiary/aromatic N) is 3. The van der Waals surface area contributed by atoms with E-state index in [1.807, 2.05) is 7.05 Å². The molecule has 1 N–H and O–H groups in total. The normalized spacial score (nSPS) is 11.7. The van der Waals surface area contributed by atoms with Crippen molar-refractivity contribution in [1.82, 2.24) is 14.8 Å². The largest absolute Gasteiger partial charge is 0.356 e. The van der Waals surface area contributed by atoms with Gasteiger partial charge in [0.15, 0.2) is 5.96 Å². The number of hydrogen-bond acceptors (Lipinski definition) is 2. The van der Waals surface area contributed by atoms with Crippen LogP contribution >= 0.6 is 27.3 Å². The zero-order chi connectivity index (χ0) is 15.2. The maximum absolute atomic E-state index is 4.35. The molecule has 2 aromatic rings. The second kappa shape index (κ2) is 7.66. The summed E-state index contributed by atoms with van der Waals surface area (Å²) in [7, 11) is 5.95. The standard InChI is InChI=1S/C15H21BrN4S/c1-17-15(18-9-8-13-6-7-14(16)21-13)20(3)11-12-5-4-10-19(12)2/h4-7,10H,8-9,11H2,1-3H3,(H,17,18). The van der Waals surface area contributed by atoms with Crippen LogP contribution in [-0.4, -0.2) is 36.1 Å². The van der Waals surface area contributed by atoms with E-state index >= 15 is 0 Å². The highest BCUT2D eigenvalue weighted by molar-refractivity contribution is 9.11. The minimum atomic E-state index is 0.841. The lowest BCUT2D eigenvalue weighted by Crippen LogP contribution is -2.39. The second-order valence-electron chi connectivity index (χ2n) is 4.90. The monoisotopic (exact) mass is 368 g/mol. The third-order valence-electron chi connectivity index (χ3n) is 3.31. The Hall–Kier alpha value is -1.27. The van der Waals surface area contributed by atoms with Gasteiger partial charge in [0.25, 0.3) is 0 Å². The third-order valence-corrected chi connectivity index (χ3v) is 4.99. The van der Waals surface area contributed by atoms with Gasteiger partial charge in [0.2, 0.25) is 0 Å². The molecular weight excluding hydrogens is 348 g/mol. The molecule has 2 heterocycles. The van der Waals surface area contributed by atoms with Gasteiger partial charge in [0, 0.05) is 44.5 Å². The number of aryl methyl sites for hydroxylation is 1. The molecule has 4 nitrogen and oxygen atoms in total. The van der Waals surface area contributed by atoms with Gasteiger partial charge in [0.1, 0.15) is 0 Å². The van der Waals surface area contributed by atoms with Crippen LogP contribution in [0.1, 0.15) is 10.6 Å². The van der Waals surface area contributed by atoms with Crippen LogP contribution in [0, 0.1) is 0 Å². The Bertz CT molecular complexity index is 602. The van der Waals surface area contributed by atoms with Crippen molar-refractivity contribution in [2.75, 3.05) is 20.6 Å². The third kappa shape index (κ3) is 4.61. The molecule has 2 aromatic heterocycles. The first kappa shape index (κ1) is 16.1. The molecule has 0 amide bonds. The van der Waals surface area contributed by atoms with Crippen molar-refractivity contribution >= 4 is 33.2 Å². The van der Waals surface area contributed by atoms with Gasteiger partial charge >= 0.3 is 0 Å². The molecular formula is C15H21BrN4S. The quantitative estimate of drug-likeness (QED) is 0.649. The summed E-state index contributed by atoms with van der Waals surface area (Å²) >= 11 is 5.27. The van der Waals surface area contributed by atoms with Crippen LogP contribution < -0.4 is 5.32 Å². The first-order chi connectivity index (χ1) is 10.1. The number of guanidine groups is 1. The maximum Gasteiger partial charge on any atom is 0.193 e. The van der Waals surface area contributed by atoms with E-state index < -0.39 is 0 Å². The van der Waals surface area contributed by atoms with Crippen molar-refractivity contribution < 1.29 is 0 Å². The average Bonchev–Trinajstić information content (AvgIpc) is 3.04. The maximum atomic E-state index is 4.35. The molecule has 21 heavy (non-hydrogen) atoms. The molecule has 0 radical (unpaired) electrons. The van der Waals surface area contributed by atoms with Crippen molar-refractivity contribution in [3.63, 3.8) is 0 Å². The number of halogens is 1. The molecule has 0 aliphatic heterocycles. The fourth-order valence-corrected chi connectivity index (χ4v) is 3.63. The highest BCUT2D eigenvalue weighted by atomic mass is 79.9. The van der Waals surface area contributed by atoms with Gasteiger partial charge in [-0.25, -0.2) is 0 Å². The fraction of sp³-hybridized carbons (Fsp3) is 0.400. The first-order valence-corrected chi connectivity index (χ1v) is 8.47. The zero-order valence-corrected chi connectivity index (χ0v) is 15.0. The minimum absolute atomic E-state index is 0.841. The number of rotatable bonds is 5. The van der Waals surface area contributed by atoms with Crippen molar-refractivity contribution in [3.8, 4) is 0 Å². The number of hydrogen-bond donors (Lipinski definition) is 1. The molecule has 0 aliphatic rings. The van der Waals surface area contributed by atoms with Gasteiger partial charge in [-0.05, 0) is 46.6 Å². The van der Waals surface area contributed by atoms with Crippen molar-refractivity contribution in [2.45, 2.75) is 13.0 Å². The van der Waals surface area contributed by atoms with Crippen LogP contribution in [0.5, 0.6) is 0 Å². The minimum Gasteiger partial charge on any atom is -0.356 e. The van der Waals surface area contributed by atoms with E-state index in [9.17, 15) is 0 Å². The lowest BCUT2D eigenvalue weighted by Gasteiger charge is -2.22. The van der Waals surface area contributed by atoms with Gasteiger partial charge in [-0.15, -0.1) is 11.3 Å². The topological polar surface area (TPSA) is 32.6 Å². The van der Waals surface area contributed by atoms with Crippen LogP contribution in [0.25, 0.3) is 0 Å². The van der Waals surface area contributed by atoms with Gasteiger partial charge < -0.3 is 14.8 Å². The average molecular weight is 369 g/mol. The lowest BCUT2D eigenvalue weighted by atomic mass is 10.3. The summed E-state index contributed by atoms with van der Waals surface area (Å²) in [5, 5.41) is 3.42. The number of thiophene rings is 1. The van der Waals surface area contributed by atoms with Crippen molar-refractivity contribution in [2.24, 2.45) is 12.0 Å². The van der Waals surface area contributed by atoms with Crippen LogP contribution in [0.4, 0.5) is 0 Å². The van der Waals surface area contributed by atoms with E-state index in [-0.39, 0.29) is 0 Å². The molecule has 0 saturated heterocycles. The Morgan fingerprint density at radius 3 is 2.81 bits per heavy atom. The molecule has 0 aromatic carbocycles. The number of aromatic nitrogens is 1. The van der Waals surface area contributed by atoms with Crippen LogP contribution in [0.15, 0.2) is 39.2 Å². The van der Waals surface area contributed by atoms with Crippen molar-refractivity contribution in [3.05, 3.63) is 44.8 Å². The summed E-state index contributed by atoms with van der Waals surface area (Å²) < 4.78 is 3.31. The predicted octanol–water partition coefficient (Wildman–Crippen LogP) is 3.10. The molecule has 2 rings (SSSR count). The Balaban J connectivity index is 1.83. The predicted molar refractivity (Wildman–Crippen MR) is 94.0 cm³/mol. The summed E-state index contributed by atoms with van der Waals surface area (Å²) in [6.07, 6.45) is 3.07. The van der Waals surface area contributed by atoms with E-state index in [4.69, 9.17) is 0 Å². The molecule has 0 spiro atoms. The Morgan fingerprint density at radius 2 is 2.24 bits per heavy atom. The van der Waals surface area contributed by atoms with Gasteiger partial charge in [-0.3, -0.25) is 4.99 Å². The van der Waals surface area contributed by atoms with E-state index in [1.165, 1.54) is 14.4 Å². The molecule has 0 aliphatic carbocycles. The molecule has 0 unspecified atom stereocenters. The van der Waals surface area contributed by atoms with Crippen LogP contribution in [0.3, 0.4) is 0 Å². The summed E-state index contributed by atoms with van der Waals surface area (Å²) in [4.78, 5) is 7.86. The molecule has 0 saturated carbocycles. The van der Waals surface area contributed by atoms with Crippen molar-refractivity contribution in [1.29, 1.82) is 0 Å². The van der Waals surface area contributed by atoms with E-state index in [2.05, 4.69) is 80.3 Å². The lowest BCUT2D eigenvalue weighted by molar-refractivity contribution is 0.462. The SMILES string of the molecule is CN=C(NCCc1ccc(Br)s1)N(C)Cc1cccn1C. The molecule has 0 bridgehead atoms. The molecule has 0 fully saturated rings. The van der Waals surface area contributed by atoms with E-state index in [0.717, 1.165) is 25.5 Å². The Morgan fingerprint density at radius 1 is 1.43 bits per heavy atom. The van der Waals surface area contributed by atoms with E-state index in [0.29, 0.717) is 0 Å². The summed E-state index contributed by atoms with van der Waals surface area (Å²) in [5.41, 5.74) is 1.27. The first-order valence-electron chi connectivity index (χ1n) is 6.86. The highest BCUT2D eigenvalue weighted by Gasteiger charge is 2.08.